The van der Waals surface area contributed by atoms with Gasteiger partial charge >= 0.3 is 12.9 Å². The van der Waals surface area contributed by atoms with Crippen LogP contribution < -0.4 is 5.43 Å². The molecule has 0 amide bonds. The first kappa shape index (κ1) is 13.9. The van der Waals surface area contributed by atoms with Gasteiger partial charge in [0, 0.05) is 12.1 Å². The Kier molecular flexibility index (Phi) is 4.95. The zero-order valence-corrected chi connectivity index (χ0v) is 7.65. The van der Waals surface area contributed by atoms with E-state index in [0.29, 0.717) is 0 Å². The summed E-state index contributed by atoms with van der Waals surface area (Å²) in [7, 11) is -6.00. The van der Waals surface area contributed by atoms with E-state index in [1.165, 1.54) is 18.2 Å². The molecule has 9 heteroatoms. The van der Waals surface area contributed by atoms with Crippen LogP contribution in [0.4, 0.5) is 23.0 Å². The lowest BCUT2D eigenvalue weighted by Gasteiger charge is -1.94. The van der Waals surface area contributed by atoms with Crippen LogP contribution in [0.2, 0.25) is 0 Å². The molecule has 0 spiro atoms. The molecule has 0 unspecified atom stereocenters. The van der Waals surface area contributed by atoms with Crippen LogP contribution in [0.1, 0.15) is 0 Å². The molecule has 0 saturated carbocycles. The first-order chi connectivity index (χ1) is 7.24. The normalized spacial score (nSPS) is 9.69. The maximum absolute atomic E-state index is 10.7. The fourth-order valence-corrected chi connectivity index (χ4v) is 0.615. The summed E-state index contributed by atoms with van der Waals surface area (Å²) in [5, 5.41) is 17.1. The molecule has 0 heterocycles. The molecule has 0 aliphatic carbocycles. The van der Waals surface area contributed by atoms with E-state index in [2.05, 4.69) is 4.98 Å². The van der Waals surface area contributed by atoms with Gasteiger partial charge in [0.05, 0.1) is 0 Å². The van der Waals surface area contributed by atoms with E-state index in [0.717, 1.165) is 6.07 Å². The fourth-order valence-electron chi connectivity index (χ4n) is 0.615. The van der Waals surface area contributed by atoms with Gasteiger partial charge in [-0.3, -0.25) is 4.79 Å². The van der Waals surface area contributed by atoms with Crippen molar-refractivity contribution in [1.29, 1.82) is 5.39 Å². The lowest BCUT2D eigenvalue weighted by molar-refractivity contribution is 0.368. The van der Waals surface area contributed by atoms with Gasteiger partial charge in [0.25, 0.3) is 0 Å². The summed E-state index contributed by atoms with van der Waals surface area (Å²) in [6, 6.07) is 4.94. The van der Waals surface area contributed by atoms with E-state index in [4.69, 9.17) is 10.5 Å². The van der Waals surface area contributed by atoms with E-state index in [1.807, 2.05) is 0 Å². The summed E-state index contributed by atoms with van der Waals surface area (Å²) >= 11 is 0. The Labute approximate surface area is 86.9 Å². The third-order valence-electron chi connectivity index (χ3n) is 1.19. The van der Waals surface area contributed by atoms with Crippen LogP contribution in [-0.2, 0) is 0 Å². The molecule has 0 fully saturated rings. The van der Waals surface area contributed by atoms with Crippen LogP contribution >= 0.6 is 0 Å². The van der Waals surface area contributed by atoms with E-state index in [9.17, 15) is 22.1 Å². The van der Waals surface area contributed by atoms with Gasteiger partial charge in [-0.25, -0.2) is 0 Å². The van der Waals surface area contributed by atoms with Gasteiger partial charge < -0.3 is 22.4 Å². The molecule has 16 heavy (non-hydrogen) atoms. The number of diazo groups is 1. The molecule has 0 bridgehead atoms. The van der Waals surface area contributed by atoms with Crippen molar-refractivity contribution in [3.63, 3.8) is 0 Å². The predicted octanol–water partition coefficient (Wildman–Crippen LogP) is 2.54. The van der Waals surface area contributed by atoms with Crippen molar-refractivity contribution in [2.45, 2.75) is 0 Å². The molecule has 0 aromatic heterocycles. The Bertz CT molecular complexity index is 451. The highest BCUT2D eigenvalue weighted by molar-refractivity contribution is 6.50. The summed E-state index contributed by atoms with van der Waals surface area (Å²) in [5.41, 5.74) is -0.276. The number of rotatable bonds is 0. The number of halogens is 4. The smallest absolute Gasteiger partial charge is 0.504 e. The number of hydrogen-bond donors (Lipinski definition) is 1. The lowest BCUT2D eigenvalue weighted by Crippen LogP contribution is -2.02. The van der Waals surface area contributed by atoms with E-state index < -0.39 is 12.7 Å². The molecule has 1 aromatic carbocycles. The van der Waals surface area contributed by atoms with Crippen LogP contribution in [0.25, 0.3) is 4.98 Å². The van der Waals surface area contributed by atoms with Gasteiger partial charge in [-0.15, -0.1) is 0 Å². The van der Waals surface area contributed by atoms with Crippen molar-refractivity contribution in [3.8, 4) is 5.75 Å². The molecule has 86 valence electrons. The van der Waals surface area contributed by atoms with E-state index in [1.54, 1.807) is 0 Å². The highest BCUT2D eigenvalue weighted by Gasteiger charge is 2.20. The molecule has 0 atom stereocenters. The maximum Gasteiger partial charge on any atom is 0.673 e. The summed E-state index contributed by atoms with van der Waals surface area (Å²) in [6.45, 7) is 0. The van der Waals surface area contributed by atoms with Crippen molar-refractivity contribution >= 4 is 12.9 Å². The highest BCUT2D eigenvalue weighted by atomic mass is 19.5. The number of hydrogen-bond acceptors (Lipinski definition) is 3. The van der Waals surface area contributed by atoms with Gasteiger partial charge in [0.1, 0.15) is 0 Å². The Morgan fingerprint density at radius 1 is 1.12 bits per heavy atom. The Balaban J connectivity index is 0.000000385. The van der Waals surface area contributed by atoms with Gasteiger partial charge in [-0.05, 0) is 12.1 Å². The molecule has 4 nitrogen and oxygen atoms in total. The first-order valence-electron chi connectivity index (χ1n) is 3.80. The molecular formula is C7H5BF4N2O2. The molecule has 1 N–H and O–H groups in total. The van der Waals surface area contributed by atoms with Gasteiger partial charge in [0.2, 0.25) is 10.8 Å². The zero-order valence-electron chi connectivity index (χ0n) is 7.65. The molecule has 0 aliphatic heterocycles. The minimum absolute atomic E-state index is 0.224. The van der Waals surface area contributed by atoms with Gasteiger partial charge in [-0.2, -0.15) is 0 Å². The largest absolute Gasteiger partial charge is 0.673 e. The van der Waals surface area contributed by atoms with Gasteiger partial charge in [-0.1, -0.05) is 0 Å². The first-order valence-corrected chi connectivity index (χ1v) is 3.80. The molecule has 0 radical (unpaired) electrons. The van der Waals surface area contributed by atoms with Crippen molar-refractivity contribution < 1.29 is 22.4 Å². The molecule has 0 saturated heterocycles. The average molecular weight is 236 g/mol. The highest BCUT2D eigenvalue weighted by Crippen LogP contribution is 2.09. The van der Waals surface area contributed by atoms with Crippen LogP contribution in [0.5, 0.6) is 5.75 Å². The monoisotopic (exact) mass is 236 g/mol. The topological polar surface area (TPSA) is 65.4 Å². The average Bonchev–Trinajstić information content (AvgIpc) is 2.28. The van der Waals surface area contributed by atoms with Crippen molar-refractivity contribution in [2.75, 3.05) is 0 Å². The standard InChI is InChI=1S/C7H4N2O2.BF4/c8-9-5-1-3-6(10)7(11)4-2-5;2-1(3,4)5/h1-4H;/q;-1/p+1. The molecular weight excluding hydrogens is 231 g/mol. The molecule has 1 rings (SSSR count). The fraction of sp³-hybridized carbons (Fsp3) is 0. The minimum atomic E-state index is -6.00. The third kappa shape index (κ3) is 7.31. The van der Waals surface area contributed by atoms with E-state index in [-0.39, 0.29) is 11.4 Å². The predicted molar refractivity (Wildman–Crippen MR) is 49.3 cm³/mol. The Hall–Kier alpha value is -2.11. The Morgan fingerprint density at radius 3 is 2.00 bits per heavy atom. The van der Waals surface area contributed by atoms with Crippen LogP contribution in [0.15, 0.2) is 29.1 Å². The zero-order chi connectivity index (χ0) is 12.8. The maximum atomic E-state index is 10.7. The second-order valence-corrected chi connectivity index (χ2v) is 2.44. The van der Waals surface area contributed by atoms with Crippen LogP contribution in [0.3, 0.4) is 0 Å². The lowest BCUT2D eigenvalue weighted by atomic mass is 10.3. The molecule has 0 aliphatic rings. The Morgan fingerprint density at radius 2 is 1.56 bits per heavy atom. The second-order valence-electron chi connectivity index (χ2n) is 2.44. The van der Waals surface area contributed by atoms with Crippen LogP contribution in [-0.4, -0.2) is 12.4 Å². The number of nitrogens with zero attached hydrogens (tertiary/aromatic N) is 2. The summed E-state index contributed by atoms with van der Waals surface area (Å²) in [6.07, 6.45) is 0. The van der Waals surface area contributed by atoms with E-state index >= 15 is 0 Å². The number of aromatic hydroxyl groups is 1. The molecule has 1 aromatic rings. The minimum Gasteiger partial charge on any atom is -0.504 e. The second kappa shape index (κ2) is 5.70. The van der Waals surface area contributed by atoms with Crippen LogP contribution in [0, 0.1) is 5.39 Å². The van der Waals surface area contributed by atoms with Gasteiger partial charge in [0.15, 0.2) is 10.7 Å². The SMILES string of the molecule is F[B-](F)(F)F.N#[N+]c1ccc(O)c(=O)cc1. The summed E-state index contributed by atoms with van der Waals surface area (Å²) < 4.78 is 39.0. The summed E-state index contributed by atoms with van der Waals surface area (Å²) in [4.78, 5) is 13.6. The summed E-state index contributed by atoms with van der Waals surface area (Å²) in [5.74, 6) is -0.361. The van der Waals surface area contributed by atoms with Crippen molar-refractivity contribution in [1.82, 2.24) is 0 Å². The van der Waals surface area contributed by atoms with Crippen molar-refractivity contribution in [3.05, 3.63) is 39.5 Å². The third-order valence-corrected chi connectivity index (χ3v) is 1.19. The van der Waals surface area contributed by atoms with Crippen molar-refractivity contribution in [2.24, 2.45) is 0 Å². The quantitative estimate of drug-likeness (QED) is 0.427.